The summed E-state index contributed by atoms with van der Waals surface area (Å²) in [7, 11) is -3.17. The summed E-state index contributed by atoms with van der Waals surface area (Å²) < 4.78 is 30.9. The van der Waals surface area contributed by atoms with Crippen molar-refractivity contribution < 1.29 is 13.2 Å². The lowest BCUT2D eigenvalue weighted by molar-refractivity contribution is 0.0885. The average molecular weight is 349 g/mol. The molecule has 0 radical (unpaired) electrons. The number of piperidine rings is 1. The lowest BCUT2D eigenvalue weighted by atomic mass is 9.84. The van der Waals surface area contributed by atoms with E-state index in [2.05, 4.69) is 21.8 Å². The van der Waals surface area contributed by atoms with Gasteiger partial charge in [0.2, 0.25) is 10.0 Å². The topological polar surface area (TPSA) is 82.4 Å². The molecule has 2 heterocycles. The first-order chi connectivity index (χ1) is 11.4. The van der Waals surface area contributed by atoms with Gasteiger partial charge in [-0.2, -0.15) is 5.26 Å². The third-order valence-corrected chi connectivity index (χ3v) is 5.58. The molecule has 0 spiro atoms. The third kappa shape index (κ3) is 4.33. The molecular weight excluding hydrogens is 326 g/mol. The van der Waals surface area contributed by atoms with Gasteiger partial charge in [0, 0.05) is 25.6 Å². The van der Waals surface area contributed by atoms with E-state index in [1.54, 1.807) is 0 Å². The van der Waals surface area contributed by atoms with Gasteiger partial charge in [0.25, 0.3) is 0 Å². The molecule has 0 bridgehead atoms. The van der Waals surface area contributed by atoms with E-state index in [0.29, 0.717) is 30.6 Å². The van der Waals surface area contributed by atoms with Gasteiger partial charge in [-0.1, -0.05) is 12.1 Å². The van der Waals surface area contributed by atoms with E-state index in [1.165, 1.54) is 6.26 Å². The molecule has 0 aromatic heterocycles. The lowest BCUT2D eigenvalue weighted by Gasteiger charge is -2.35. The van der Waals surface area contributed by atoms with Crippen molar-refractivity contribution in [2.75, 3.05) is 32.5 Å². The minimum atomic E-state index is -3.17. The van der Waals surface area contributed by atoms with E-state index in [4.69, 9.17) is 10.00 Å². The fourth-order valence-electron chi connectivity index (χ4n) is 3.75. The molecule has 3 atom stereocenters. The summed E-state index contributed by atoms with van der Waals surface area (Å²) in [6.45, 7) is 3.82. The molecule has 1 N–H and O–H groups in total. The standard InChI is InChI=1S/C17H23N3O3S/c1-24(21,22)19-9-17-16-5-6-20(11-15(16)12-23-17)10-14-4-2-3-13(7-14)8-18/h2-4,7,15-17,19H,5-6,9-12H2,1H3/t15-,16-,17+/m1/s1. The monoisotopic (exact) mass is 349 g/mol. The van der Waals surface area contributed by atoms with Gasteiger partial charge in [0.1, 0.15) is 0 Å². The van der Waals surface area contributed by atoms with Gasteiger partial charge in [0.15, 0.2) is 0 Å². The van der Waals surface area contributed by atoms with E-state index in [9.17, 15) is 8.42 Å². The van der Waals surface area contributed by atoms with Crippen molar-refractivity contribution in [3.05, 3.63) is 35.4 Å². The van der Waals surface area contributed by atoms with Crippen molar-refractivity contribution in [2.24, 2.45) is 11.8 Å². The second kappa shape index (κ2) is 7.19. The first-order valence-electron chi connectivity index (χ1n) is 8.22. The van der Waals surface area contributed by atoms with Crippen molar-refractivity contribution in [3.63, 3.8) is 0 Å². The van der Waals surface area contributed by atoms with Crippen molar-refractivity contribution in [2.45, 2.75) is 19.1 Å². The smallest absolute Gasteiger partial charge is 0.208 e. The van der Waals surface area contributed by atoms with Gasteiger partial charge >= 0.3 is 0 Å². The van der Waals surface area contributed by atoms with Crippen molar-refractivity contribution >= 4 is 10.0 Å². The summed E-state index contributed by atoms with van der Waals surface area (Å²) in [5.41, 5.74) is 1.85. The summed E-state index contributed by atoms with van der Waals surface area (Å²) in [6.07, 6.45) is 2.17. The van der Waals surface area contributed by atoms with E-state index in [0.717, 1.165) is 31.6 Å². The number of ether oxygens (including phenoxy) is 1. The van der Waals surface area contributed by atoms with Gasteiger partial charge in [-0.05, 0) is 36.6 Å². The first kappa shape index (κ1) is 17.4. The van der Waals surface area contributed by atoms with Crippen molar-refractivity contribution in [1.29, 1.82) is 5.26 Å². The number of rotatable bonds is 5. The number of nitriles is 1. The number of fused-ring (bicyclic) bond motifs is 1. The highest BCUT2D eigenvalue weighted by Crippen LogP contribution is 2.34. The minimum absolute atomic E-state index is 0.0196. The van der Waals surface area contributed by atoms with Gasteiger partial charge in [-0.3, -0.25) is 4.90 Å². The predicted octanol–water partition coefficient (Wildman–Crippen LogP) is 0.944. The Morgan fingerprint density at radius 3 is 3.04 bits per heavy atom. The van der Waals surface area contributed by atoms with Gasteiger partial charge in [-0.15, -0.1) is 0 Å². The fourth-order valence-corrected chi connectivity index (χ4v) is 4.21. The van der Waals surface area contributed by atoms with Crippen molar-refractivity contribution in [1.82, 2.24) is 9.62 Å². The van der Waals surface area contributed by atoms with Crippen LogP contribution in [0.4, 0.5) is 0 Å². The highest BCUT2D eigenvalue weighted by molar-refractivity contribution is 7.88. The number of benzene rings is 1. The Morgan fingerprint density at radius 2 is 2.29 bits per heavy atom. The van der Waals surface area contributed by atoms with Crippen LogP contribution in [0.5, 0.6) is 0 Å². The maximum absolute atomic E-state index is 11.3. The van der Waals surface area contributed by atoms with E-state index in [1.807, 2.05) is 18.2 Å². The predicted molar refractivity (Wildman–Crippen MR) is 90.6 cm³/mol. The summed E-state index contributed by atoms with van der Waals surface area (Å²) in [5.74, 6) is 0.866. The number of hydrogen-bond acceptors (Lipinski definition) is 5. The van der Waals surface area contributed by atoms with Gasteiger partial charge < -0.3 is 4.74 Å². The molecule has 130 valence electrons. The zero-order chi connectivity index (χ0) is 17.2. The van der Waals surface area contributed by atoms with E-state index >= 15 is 0 Å². The molecule has 2 fully saturated rings. The summed E-state index contributed by atoms with van der Waals surface area (Å²) >= 11 is 0. The molecule has 7 heteroatoms. The SMILES string of the molecule is CS(=O)(=O)NC[C@@H]1OC[C@H]2CN(Cc3cccc(C#N)c3)CC[C@H]21. The summed E-state index contributed by atoms with van der Waals surface area (Å²) in [5, 5.41) is 9.00. The van der Waals surface area contributed by atoms with Crippen LogP contribution in [0.2, 0.25) is 0 Å². The largest absolute Gasteiger partial charge is 0.376 e. The fraction of sp³-hybridized carbons (Fsp3) is 0.588. The average Bonchev–Trinajstić information content (AvgIpc) is 2.95. The molecule has 0 aliphatic carbocycles. The quantitative estimate of drug-likeness (QED) is 0.856. The Balaban J connectivity index is 1.55. The van der Waals surface area contributed by atoms with Crippen LogP contribution in [0, 0.1) is 23.2 Å². The maximum Gasteiger partial charge on any atom is 0.208 e. The molecule has 1 aromatic carbocycles. The Bertz CT molecular complexity index is 729. The van der Waals surface area contributed by atoms with Crippen LogP contribution in [0.25, 0.3) is 0 Å². The van der Waals surface area contributed by atoms with Crippen LogP contribution < -0.4 is 4.72 Å². The zero-order valence-electron chi connectivity index (χ0n) is 13.8. The molecular formula is C17H23N3O3S. The number of hydrogen-bond donors (Lipinski definition) is 1. The second-order valence-corrected chi connectivity index (χ2v) is 8.59. The summed E-state index contributed by atoms with van der Waals surface area (Å²) in [4.78, 5) is 2.40. The highest BCUT2D eigenvalue weighted by atomic mass is 32.2. The van der Waals surface area contributed by atoms with Crippen LogP contribution in [-0.2, 0) is 21.3 Å². The molecule has 3 rings (SSSR count). The lowest BCUT2D eigenvalue weighted by Crippen LogP contribution is -2.43. The van der Waals surface area contributed by atoms with Gasteiger partial charge in [-0.25, -0.2) is 13.1 Å². The molecule has 2 aliphatic heterocycles. The number of nitrogens with zero attached hydrogens (tertiary/aromatic N) is 2. The normalized spacial score (nSPS) is 27.6. The van der Waals surface area contributed by atoms with Crippen LogP contribution in [-0.4, -0.2) is 51.9 Å². The molecule has 0 saturated carbocycles. The number of sulfonamides is 1. The van der Waals surface area contributed by atoms with E-state index < -0.39 is 10.0 Å². The third-order valence-electron chi connectivity index (χ3n) is 4.89. The Morgan fingerprint density at radius 1 is 1.46 bits per heavy atom. The van der Waals surface area contributed by atoms with Crippen LogP contribution >= 0.6 is 0 Å². The van der Waals surface area contributed by atoms with Crippen LogP contribution in [0.15, 0.2) is 24.3 Å². The number of nitrogens with one attached hydrogen (secondary N) is 1. The first-order valence-corrected chi connectivity index (χ1v) is 10.1. The zero-order valence-corrected chi connectivity index (χ0v) is 14.6. The molecule has 0 amide bonds. The van der Waals surface area contributed by atoms with Crippen LogP contribution in [0.3, 0.4) is 0 Å². The molecule has 2 aliphatic rings. The number of likely N-dealkylation sites (tertiary alicyclic amines) is 1. The minimum Gasteiger partial charge on any atom is -0.376 e. The highest BCUT2D eigenvalue weighted by Gasteiger charge is 2.40. The Hall–Kier alpha value is -1.46. The molecule has 24 heavy (non-hydrogen) atoms. The van der Waals surface area contributed by atoms with E-state index in [-0.39, 0.29) is 6.10 Å². The maximum atomic E-state index is 11.3. The second-order valence-electron chi connectivity index (χ2n) is 6.75. The Kier molecular flexibility index (Phi) is 5.21. The molecule has 2 saturated heterocycles. The summed E-state index contributed by atoms with van der Waals surface area (Å²) in [6, 6.07) is 9.91. The Labute approximate surface area is 143 Å². The van der Waals surface area contributed by atoms with Crippen LogP contribution in [0.1, 0.15) is 17.5 Å². The molecule has 1 aromatic rings. The molecule has 0 unspecified atom stereocenters. The van der Waals surface area contributed by atoms with Gasteiger partial charge in [0.05, 0.1) is 30.6 Å². The van der Waals surface area contributed by atoms with Crippen molar-refractivity contribution in [3.8, 4) is 6.07 Å². The molecule has 6 nitrogen and oxygen atoms in total.